The molecule has 0 saturated carbocycles. The van der Waals surface area contributed by atoms with Crippen LogP contribution in [0.3, 0.4) is 0 Å². The molecule has 3 rings (SSSR count). The second kappa shape index (κ2) is 7.28. The summed E-state index contributed by atoms with van der Waals surface area (Å²) in [6.07, 6.45) is 1.51. The van der Waals surface area contributed by atoms with Crippen molar-refractivity contribution in [2.45, 2.75) is 17.2 Å². The monoisotopic (exact) mass is 375 g/mol. The van der Waals surface area contributed by atoms with Crippen molar-refractivity contribution in [3.8, 4) is 22.6 Å². The molecule has 6 nitrogen and oxygen atoms in total. The van der Waals surface area contributed by atoms with Crippen LogP contribution < -0.4 is 15.2 Å². The summed E-state index contributed by atoms with van der Waals surface area (Å²) in [6.45, 7) is 1.77. The fourth-order valence-electron chi connectivity index (χ4n) is 2.38. The van der Waals surface area contributed by atoms with Crippen molar-refractivity contribution in [2.75, 3.05) is 14.2 Å². The number of primary amides is 1. The first kappa shape index (κ1) is 17.5. The molecule has 0 aliphatic rings. The van der Waals surface area contributed by atoms with E-state index in [9.17, 15) is 4.79 Å². The molecule has 8 heteroatoms. The number of carbonyl (C=O) groups is 1. The smallest absolute Gasteiger partial charge is 0.230 e. The molecule has 0 saturated heterocycles. The van der Waals surface area contributed by atoms with E-state index in [1.165, 1.54) is 29.4 Å². The Labute approximate surface area is 153 Å². The van der Waals surface area contributed by atoms with Crippen LogP contribution in [0.2, 0.25) is 0 Å². The minimum atomic E-state index is -0.378. The molecule has 2 N–H and O–H groups in total. The summed E-state index contributed by atoms with van der Waals surface area (Å²) in [5, 5.41) is 3.30. The molecule has 0 aliphatic heterocycles. The van der Waals surface area contributed by atoms with Crippen LogP contribution in [-0.4, -0.2) is 35.3 Å². The van der Waals surface area contributed by atoms with Crippen LogP contribution >= 0.6 is 23.1 Å². The summed E-state index contributed by atoms with van der Waals surface area (Å²) in [5.74, 6) is 0.939. The highest BCUT2D eigenvalue weighted by Gasteiger charge is 2.19. The molecule has 0 bridgehead atoms. The zero-order valence-electron chi connectivity index (χ0n) is 14.0. The van der Waals surface area contributed by atoms with Gasteiger partial charge in [0.15, 0.2) is 11.5 Å². The highest BCUT2D eigenvalue weighted by molar-refractivity contribution is 8.00. The first-order chi connectivity index (χ1) is 12.0. The molecule has 3 aromatic rings. The summed E-state index contributed by atoms with van der Waals surface area (Å²) in [4.78, 5) is 21.0. The first-order valence-corrected chi connectivity index (χ1v) is 9.21. The number of benzene rings is 1. The summed E-state index contributed by atoms with van der Waals surface area (Å²) < 4.78 is 10.7. The number of hydrogen-bond acceptors (Lipinski definition) is 7. The predicted octanol–water partition coefficient (Wildman–Crippen LogP) is 3.34. The topological polar surface area (TPSA) is 87.3 Å². The number of amides is 1. The number of thioether (sulfide) groups is 1. The maximum atomic E-state index is 11.4. The minimum absolute atomic E-state index is 0.375. The summed E-state index contributed by atoms with van der Waals surface area (Å²) >= 11 is 2.87. The molecular weight excluding hydrogens is 358 g/mol. The number of methoxy groups -OCH3 is 2. The Balaban J connectivity index is 2.13. The Hall–Kier alpha value is -2.32. The Morgan fingerprint density at radius 1 is 1.24 bits per heavy atom. The molecule has 25 heavy (non-hydrogen) atoms. The highest BCUT2D eigenvalue weighted by atomic mass is 32.2. The molecule has 1 unspecified atom stereocenters. The van der Waals surface area contributed by atoms with Crippen LogP contribution in [0.4, 0.5) is 0 Å². The quantitative estimate of drug-likeness (QED) is 0.525. The lowest BCUT2D eigenvalue weighted by molar-refractivity contribution is -0.117. The standard InChI is InChI=1S/C17H17N3O3S2/c1-9(15(18)21)25-17-14-11(7-24-16(14)19-8-20-17)10-4-5-12(22-2)13(6-10)23-3/h4-9H,1-3H3,(H2,18,21). The summed E-state index contributed by atoms with van der Waals surface area (Å²) in [5.41, 5.74) is 7.34. The normalized spacial score (nSPS) is 12.1. The van der Waals surface area contributed by atoms with E-state index in [-0.39, 0.29) is 11.2 Å². The maximum absolute atomic E-state index is 11.4. The third kappa shape index (κ3) is 3.40. The van der Waals surface area contributed by atoms with Gasteiger partial charge in [0.2, 0.25) is 5.91 Å². The van der Waals surface area contributed by atoms with E-state index in [0.29, 0.717) is 11.5 Å². The number of ether oxygens (including phenoxy) is 2. The highest BCUT2D eigenvalue weighted by Crippen LogP contribution is 2.41. The van der Waals surface area contributed by atoms with Gasteiger partial charge in [0, 0.05) is 10.9 Å². The number of nitrogens with zero attached hydrogens (tertiary/aromatic N) is 2. The molecule has 130 valence electrons. The Bertz CT molecular complexity index is 927. The van der Waals surface area contributed by atoms with E-state index in [4.69, 9.17) is 15.2 Å². The molecule has 0 spiro atoms. The van der Waals surface area contributed by atoms with E-state index < -0.39 is 0 Å². The van der Waals surface area contributed by atoms with Gasteiger partial charge in [0.05, 0.1) is 24.9 Å². The third-order valence-corrected chi connectivity index (χ3v) is 5.72. The lowest BCUT2D eigenvalue weighted by Gasteiger charge is -2.11. The van der Waals surface area contributed by atoms with Crippen LogP contribution in [0, 0.1) is 0 Å². The maximum Gasteiger partial charge on any atom is 0.230 e. The van der Waals surface area contributed by atoms with Crippen LogP contribution in [-0.2, 0) is 4.79 Å². The first-order valence-electron chi connectivity index (χ1n) is 7.45. The Morgan fingerprint density at radius 3 is 2.68 bits per heavy atom. The van der Waals surface area contributed by atoms with Crippen molar-refractivity contribution in [1.82, 2.24) is 9.97 Å². The fraction of sp³-hybridized carbons (Fsp3) is 0.235. The molecule has 0 radical (unpaired) electrons. The molecule has 2 aromatic heterocycles. The van der Waals surface area contributed by atoms with Gasteiger partial charge in [0.1, 0.15) is 16.2 Å². The van der Waals surface area contributed by atoms with E-state index >= 15 is 0 Å². The van der Waals surface area contributed by atoms with Gasteiger partial charge in [-0.05, 0) is 24.6 Å². The second-order valence-electron chi connectivity index (χ2n) is 5.24. The molecule has 1 amide bonds. The summed E-state index contributed by atoms with van der Waals surface area (Å²) in [6, 6.07) is 5.74. The number of aromatic nitrogens is 2. The molecule has 1 aromatic carbocycles. The van der Waals surface area contributed by atoms with Gasteiger partial charge in [-0.25, -0.2) is 9.97 Å². The van der Waals surface area contributed by atoms with E-state index in [1.54, 1.807) is 21.1 Å². The zero-order chi connectivity index (χ0) is 18.0. The largest absolute Gasteiger partial charge is 0.493 e. The van der Waals surface area contributed by atoms with Gasteiger partial charge in [0.25, 0.3) is 0 Å². The SMILES string of the molecule is COc1ccc(-c2csc3ncnc(SC(C)C(N)=O)c23)cc1OC. The number of thiophene rings is 1. The van der Waals surface area contributed by atoms with E-state index in [0.717, 1.165) is 26.4 Å². The van der Waals surface area contributed by atoms with Gasteiger partial charge < -0.3 is 15.2 Å². The Morgan fingerprint density at radius 2 is 2.00 bits per heavy atom. The number of rotatable bonds is 6. The van der Waals surface area contributed by atoms with Gasteiger partial charge in [-0.3, -0.25) is 4.79 Å². The van der Waals surface area contributed by atoms with Crippen LogP contribution in [0.5, 0.6) is 11.5 Å². The molecule has 1 atom stereocenters. The Kier molecular flexibility index (Phi) is 5.10. The number of carbonyl (C=O) groups excluding carboxylic acids is 1. The van der Waals surface area contributed by atoms with Crippen molar-refractivity contribution < 1.29 is 14.3 Å². The zero-order valence-corrected chi connectivity index (χ0v) is 15.6. The average Bonchev–Trinajstić information content (AvgIpc) is 3.06. The molecular formula is C17H17N3O3S2. The molecule has 2 heterocycles. The van der Waals surface area contributed by atoms with E-state index in [2.05, 4.69) is 9.97 Å². The van der Waals surface area contributed by atoms with E-state index in [1.807, 2.05) is 23.6 Å². The van der Waals surface area contributed by atoms with Crippen molar-refractivity contribution in [2.24, 2.45) is 5.73 Å². The minimum Gasteiger partial charge on any atom is -0.493 e. The number of nitrogens with two attached hydrogens (primary N) is 1. The average molecular weight is 375 g/mol. The molecule has 0 aliphatic carbocycles. The fourth-order valence-corrected chi connectivity index (χ4v) is 4.24. The number of fused-ring (bicyclic) bond motifs is 1. The van der Waals surface area contributed by atoms with Gasteiger partial charge >= 0.3 is 0 Å². The lowest BCUT2D eigenvalue weighted by Crippen LogP contribution is -2.22. The van der Waals surface area contributed by atoms with Crippen molar-refractivity contribution in [3.63, 3.8) is 0 Å². The van der Waals surface area contributed by atoms with Gasteiger partial charge in [-0.1, -0.05) is 17.8 Å². The summed E-state index contributed by atoms with van der Waals surface area (Å²) in [7, 11) is 3.21. The second-order valence-corrected chi connectivity index (χ2v) is 7.43. The van der Waals surface area contributed by atoms with Crippen molar-refractivity contribution in [3.05, 3.63) is 29.9 Å². The number of hydrogen-bond donors (Lipinski definition) is 1. The molecule has 0 fully saturated rings. The van der Waals surface area contributed by atoms with Crippen LogP contribution in [0.1, 0.15) is 6.92 Å². The van der Waals surface area contributed by atoms with Crippen molar-refractivity contribution in [1.29, 1.82) is 0 Å². The lowest BCUT2D eigenvalue weighted by atomic mass is 10.1. The van der Waals surface area contributed by atoms with Gasteiger partial charge in [-0.2, -0.15) is 0 Å². The van der Waals surface area contributed by atoms with Crippen LogP contribution in [0.25, 0.3) is 21.3 Å². The van der Waals surface area contributed by atoms with Crippen LogP contribution in [0.15, 0.2) is 34.9 Å². The van der Waals surface area contributed by atoms with Crippen molar-refractivity contribution >= 4 is 39.2 Å². The predicted molar refractivity (Wildman–Crippen MR) is 100 cm³/mol. The third-order valence-electron chi connectivity index (χ3n) is 3.72. The van der Waals surface area contributed by atoms with Gasteiger partial charge in [-0.15, -0.1) is 11.3 Å².